The molecule has 2 atom stereocenters. The Bertz CT molecular complexity index is 399. The Hall–Kier alpha value is -1.39. The molecule has 0 saturated heterocycles. The van der Waals surface area contributed by atoms with Crippen LogP contribution in [-0.2, 0) is 0 Å². The fraction of sp³-hybridized carbons (Fsp3) is 0.750. The van der Waals surface area contributed by atoms with E-state index in [0.29, 0.717) is 12.0 Å². The number of aromatic nitrogens is 3. The molecule has 2 unspecified atom stereocenters. The smallest absolute Gasteiger partial charge is 0.291 e. The minimum absolute atomic E-state index is 0.156. The fourth-order valence-corrected chi connectivity index (χ4v) is 1.98. The van der Waals surface area contributed by atoms with Crippen LogP contribution in [0.25, 0.3) is 0 Å². The van der Waals surface area contributed by atoms with Gasteiger partial charge >= 0.3 is 0 Å². The van der Waals surface area contributed by atoms with Gasteiger partial charge in [0.25, 0.3) is 5.91 Å². The van der Waals surface area contributed by atoms with Crippen molar-refractivity contribution in [3.8, 4) is 0 Å². The summed E-state index contributed by atoms with van der Waals surface area (Å²) >= 11 is 0. The summed E-state index contributed by atoms with van der Waals surface area (Å²) in [6.07, 6.45) is 3.46. The van der Waals surface area contributed by atoms with Crippen LogP contribution in [0, 0.1) is 5.92 Å². The molecule has 0 bridgehead atoms. The van der Waals surface area contributed by atoms with E-state index in [1.165, 1.54) is 12.8 Å². The summed E-state index contributed by atoms with van der Waals surface area (Å²) in [5, 5.41) is 9.71. The topological polar surface area (TPSA) is 70.7 Å². The lowest BCUT2D eigenvalue weighted by Crippen LogP contribution is -2.27. The lowest BCUT2D eigenvalue weighted by Gasteiger charge is -2.00. The van der Waals surface area contributed by atoms with Crippen LogP contribution in [0.5, 0.6) is 0 Å². The highest BCUT2D eigenvalue weighted by molar-refractivity contribution is 5.90. The van der Waals surface area contributed by atoms with Crippen molar-refractivity contribution in [2.24, 2.45) is 5.92 Å². The summed E-state index contributed by atoms with van der Waals surface area (Å²) in [6, 6.07) is 0.337. The first-order valence-electron chi connectivity index (χ1n) is 6.35. The molecule has 1 amide bonds. The third-order valence-corrected chi connectivity index (χ3v) is 3.15. The zero-order valence-electron chi connectivity index (χ0n) is 10.7. The summed E-state index contributed by atoms with van der Waals surface area (Å²) in [6.45, 7) is 6.20. The summed E-state index contributed by atoms with van der Waals surface area (Å²) < 4.78 is 0. The average molecular weight is 236 g/mol. The standard InChI is InChI=1S/C12H20N4O/c1-4-5-8-6-9(8)13-12(17)11-14-10(7(2)3)15-16-11/h7-9H,4-6H2,1-3H3,(H,13,17)(H,14,15,16). The lowest BCUT2D eigenvalue weighted by molar-refractivity contribution is 0.0938. The molecule has 17 heavy (non-hydrogen) atoms. The Balaban J connectivity index is 1.87. The number of hydrogen-bond donors (Lipinski definition) is 2. The predicted molar refractivity (Wildman–Crippen MR) is 64.7 cm³/mol. The molecular weight excluding hydrogens is 216 g/mol. The van der Waals surface area contributed by atoms with Gasteiger partial charge in [0.05, 0.1) is 0 Å². The highest BCUT2D eigenvalue weighted by Crippen LogP contribution is 2.34. The minimum atomic E-state index is -0.156. The van der Waals surface area contributed by atoms with Crippen LogP contribution in [-0.4, -0.2) is 27.1 Å². The predicted octanol–water partition coefficient (Wildman–Crippen LogP) is 1.85. The molecule has 2 N–H and O–H groups in total. The molecule has 0 spiro atoms. The van der Waals surface area contributed by atoms with Gasteiger partial charge in [0.2, 0.25) is 5.82 Å². The first kappa shape index (κ1) is 12.1. The number of amides is 1. The number of carbonyl (C=O) groups excluding carboxylic acids is 1. The highest BCUT2D eigenvalue weighted by Gasteiger charge is 2.37. The van der Waals surface area contributed by atoms with Gasteiger partial charge < -0.3 is 5.32 Å². The van der Waals surface area contributed by atoms with E-state index in [0.717, 1.165) is 12.2 Å². The van der Waals surface area contributed by atoms with Crippen molar-refractivity contribution in [3.63, 3.8) is 0 Å². The highest BCUT2D eigenvalue weighted by atomic mass is 16.2. The first-order valence-corrected chi connectivity index (χ1v) is 6.35. The van der Waals surface area contributed by atoms with E-state index in [1.54, 1.807) is 0 Å². The van der Waals surface area contributed by atoms with E-state index in [4.69, 9.17) is 0 Å². The number of rotatable bonds is 5. The third-order valence-electron chi connectivity index (χ3n) is 3.15. The Kier molecular flexibility index (Phi) is 3.45. The van der Waals surface area contributed by atoms with Crippen molar-refractivity contribution in [1.82, 2.24) is 20.5 Å². The van der Waals surface area contributed by atoms with Gasteiger partial charge in [-0.1, -0.05) is 27.2 Å². The van der Waals surface area contributed by atoms with Gasteiger partial charge in [-0.05, 0) is 18.8 Å². The van der Waals surface area contributed by atoms with E-state index >= 15 is 0 Å². The van der Waals surface area contributed by atoms with Crippen molar-refractivity contribution in [2.45, 2.75) is 52.0 Å². The summed E-state index contributed by atoms with van der Waals surface area (Å²) in [5.74, 6) is 1.79. The Labute approximate surface area is 101 Å². The van der Waals surface area contributed by atoms with Crippen molar-refractivity contribution in [3.05, 3.63) is 11.6 Å². The number of hydrogen-bond acceptors (Lipinski definition) is 3. The Morgan fingerprint density at radius 2 is 2.35 bits per heavy atom. The molecule has 2 rings (SSSR count). The minimum Gasteiger partial charge on any atom is -0.346 e. The van der Waals surface area contributed by atoms with Crippen molar-refractivity contribution < 1.29 is 4.79 Å². The number of nitrogens with zero attached hydrogens (tertiary/aromatic N) is 2. The van der Waals surface area contributed by atoms with Crippen molar-refractivity contribution in [2.75, 3.05) is 0 Å². The SMILES string of the molecule is CCCC1CC1NC(=O)c1n[nH]c(C(C)C)n1. The van der Waals surface area contributed by atoms with Crippen LogP contribution in [0.3, 0.4) is 0 Å². The van der Waals surface area contributed by atoms with Crippen molar-refractivity contribution in [1.29, 1.82) is 0 Å². The normalized spacial score (nSPS) is 22.8. The first-order chi connectivity index (χ1) is 8.11. The van der Waals surface area contributed by atoms with Crippen molar-refractivity contribution >= 4 is 5.91 Å². The van der Waals surface area contributed by atoms with Gasteiger partial charge in [-0.15, -0.1) is 5.10 Å². The zero-order chi connectivity index (χ0) is 12.4. The molecule has 1 saturated carbocycles. The lowest BCUT2D eigenvalue weighted by atomic mass is 10.2. The van der Waals surface area contributed by atoms with Gasteiger partial charge in [0.15, 0.2) is 0 Å². The zero-order valence-corrected chi connectivity index (χ0v) is 10.7. The number of H-pyrrole nitrogens is 1. The molecule has 0 radical (unpaired) electrons. The van der Waals surface area contributed by atoms with E-state index in [9.17, 15) is 4.79 Å². The monoisotopic (exact) mass is 236 g/mol. The van der Waals surface area contributed by atoms with E-state index < -0.39 is 0 Å². The number of carbonyl (C=O) groups is 1. The largest absolute Gasteiger partial charge is 0.346 e. The molecule has 0 aromatic carbocycles. The van der Waals surface area contributed by atoms with Gasteiger partial charge in [-0.25, -0.2) is 4.98 Å². The molecule has 94 valence electrons. The van der Waals surface area contributed by atoms with Gasteiger partial charge in [0, 0.05) is 12.0 Å². The van der Waals surface area contributed by atoms with Crippen LogP contribution in [0.1, 0.15) is 62.4 Å². The third kappa shape index (κ3) is 2.84. The maximum atomic E-state index is 11.8. The average Bonchev–Trinajstić information content (AvgIpc) is 2.83. The van der Waals surface area contributed by atoms with Crippen LogP contribution >= 0.6 is 0 Å². The van der Waals surface area contributed by atoms with Crippen LogP contribution < -0.4 is 5.32 Å². The summed E-state index contributed by atoms with van der Waals surface area (Å²) in [5.41, 5.74) is 0. The second-order valence-electron chi connectivity index (χ2n) is 5.06. The van der Waals surface area contributed by atoms with Crippen LogP contribution in [0.4, 0.5) is 0 Å². The quantitative estimate of drug-likeness (QED) is 0.819. The summed E-state index contributed by atoms with van der Waals surface area (Å²) in [7, 11) is 0. The molecule has 1 aromatic rings. The molecule has 1 aliphatic carbocycles. The molecule has 1 aliphatic rings. The number of aromatic amines is 1. The van der Waals surface area contributed by atoms with Gasteiger partial charge in [0.1, 0.15) is 5.82 Å². The molecule has 5 nitrogen and oxygen atoms in total. The van der Waals surface area contributed by atoms with E-state index in [2.05, 4.69) is 27.4 Å². The molecular formula is C12H20N4O. The molecule has 1 heterocycles. The second kappa shape index (κ2) is 4.85. The van der Waals surface area contributed by atoms with E-state index in [-0.39, 0.29) is 17.6 Å². The second-order valence-corrected chi connectivity index (χ2v) is 5.06. The molecule has 0 aliphatic heterocycles. The van der Waals surface area contributed by atoms with Crippen LogP contribution in [0.2, 0.25) is 0 Å². The van der Waals surface area contributed by atoms with Gasteiger partial charge in [-0.3, -0.25) is 9.89 Å². The maximum Gasteiger partial charge on any atom is 0.291 e. The number of nitrogens with one attached hydrogen (secondary N) is 2. The molecule has 5 heteroatoms. The van der Waals surface area contributed by atoms with E-state index in [1.807, 2.05) is 13.8 Å². The summed E-state index contributed by atoms with van der Waals surface area (Å²) in [4.78, 5) is 16.0. The van der Waals surface area contributed by atoms with Crippen LogP contribution in [0.15, 0.2) is 0 Å². The van der Waals surface area contributed by atoms with Gasteiger partial charge in [-0.2, -0.15) is 0 Å². The Morgan fingerprint density at radius 1 is 1.59 bits per heavy atom. The molecule has 1 fully saturated rings. The fourth-order valence-electron chi connectivity index (χ4n) is 1.98. The maximum absolute atomic E-state index is 11.8. The Morgan fingerprint density at radius 3 is 2.94 bits per heavy atom. The molecule has 1 aromatic heterocycles.